The van der Waals surface area contributed by atoms with Crippen molar-refractivity contribution in [3.8, 4) is 0 Å². The first-order valence-corrected chi connectivity index (χ1v) is 10.9. The number of piperidine rings is 1. The van der Waals surface area contributed by atoms with Crippen molar-refractivity contribution in [1.82, 2.24) is 25.1 Å². The second-order valence-electron chi connectivity index (χ2n) is 8.56. The summed E-state index contributed by atoms with van der Waals surface area (Å²) in [7, 11) is 1.85. The first-order chi connectivity index (χ1) is 13.2. The Morgan fingerprint density at radius 2 is 1.89 bits per heavy atom. The van der Waals surface area contributed by atoms with Crippen molar-refractivity contribution in [2.75, 3.05) is 20.1 Å². The van der Waals surface area contributed by atoms with E-state index in [1.807, 2.05) is 13.2 Å². The van der Waals surface area contributed by atoms with Gasteiger partial charge in [0.15, 0.2) is 5.96 Å². The fraction of sp³-hybridized carbons (Fsp3) is 0.810. The third kappa shape index (κ3) is 6.90. The lowest BCUT2D eigenvalue weighted by Crippen LogP contribution is -2.50. The molecular weight excluding hydrogens is 463 g/mol. The summed E-state index contributed by atoms with van der Waals surface area (Å²) < 4.78 is 2.23. The molecule has 1 saturated carbocycles. The highest BCUT2D eigenvalue weighted by Gasteiger charge is 2.26. The Balaban J connectivity index is 0.00000280. The largest absolute Gasteiger partial charge is 0.354 e. The van der Waals surface area contributed by atoms with Gasteiger partial charge in [-0.25, -0.2) is 4.98 Å². The summed E-state index contributed by atoms with van der Waals surface area (Å²) in [5.41, 5.74) is 0. The molecule has 1 aliphatic carbocycles. The first kappa shape index (κ1) is 23.4. The zero-order chi connectivity index (χ0) is 19.1. The van der Waals surface area contributed by atoms with Gasteiger partial charge in [0.05, 0.1) is 6.54 Å². The van der Waals surface area contributed by atoms with Gasteiger partial charge in [-0.15, -0.1) is 24.0 Å². The zero-order valence-electron chi connectivity index (χ0n) is 17.9. The Morgan fingerprint density at radius 3 is 2.54 bits per heavy atom. The van der Waals surface area contributed by atoms with E-state index in [1.54, 1.807) is 0 Å². The van der Waals surface area contributed by atoms with Crippen molar-refractivity contribution in [3.05, 3.63) is 18.2 Å². The number of aromatic nitrogens is 2. The predicted octanol–water partition coefficient (Wildman–Crippen LogP) is 3.62. The molecule has 1 saturated heterocycles. The third-order valence-electron chi connectivity index (χ3n) is 5.96. The van der Waals surface area contributed by atoms with Crippen molar-refractivity contribution < 1.29 is 0 Å². The van der Waals surface area contributed by atoms with E-state index >= 15 is 0 Å². The second kappa shape index (κ2) is 12.0. The van der Waals surface area contributed by atoms with E-state index in [-0.39, 0.29) is 24.0 Å². The van der Waals surface area contributed by atoms with Crippen LogP contribution in [0.4, 0.5) is 0 Å². The van der Waals surface area contributed by atoms with Crippen LogP contribution in [0.2, 0.25) is 0 Å². The lowest BCUT2D eigenvalue weighted by molar-refractivity contribution is 0.119. The normalized spacial score (nSPS) is 20.2. The van der Waals surface area contributed by atoms with Crippen molar-refractivity contribution in [2.45, 2.75) is 84.0 Å². The van der Waals surface area contributed by atoms with E-state index in [9.17, 15) is 0 Å². The average molecular weight is 502 g/mol. The average Bonchev–Trinajstić information content (AvgIpc) is 3.12. The molecule has 7 heteroatoms. The molecule has 2 aliphatic rings. The number of hydrogen-bond donors (Lipinski definition) is 2. The Kier molecular flexibility index (Phi) is 10.0. The molecule has 0 aromatic carbocycles. The van der Waals surface area contributed by atoms with Crippen LogP contribution in [0.15, 0.2) is 17.4 Å². The molecule has 0 spiro atoms. The number of nitrogens with one attached hydrogen (secondary N) is 2. The van der Waals surface area contributed by atoms with Crippen LogP contribution in [0.5, 0.6) is 0 Å². The number of guanidine groups is 1. The first-order valence-electron chi connectivity index (χ1n) is 10.9. The fourth-order valence-corrected chi connectivity index (χ4v) is 4.47. The van der Waals surface area contributed by atoms with Crippen molar-refractivity contribution in [2.24, 2.45) is 10.9 Å². The van der Waals surface area contributed by atoms with Gasteiger partial charge in [0.1, 0.15) is 5.82 Å². The Labute approximate surface area is 188 Å². The summed E-state index contributed by atoms with van der Waals surface area (Å²) in [6, 6.07) is 1.36. The van der Waals surface area contributed by atoms with Gasteiger partial charge in [0.2, 0.25) is 0 Å². The van der Waals surface area contributed by atoms with Crippen LogP contribution >= 0.6 is 24.0 Å². The molecule has 2 fully saturated rings. The summed E-state index contributed by atoms with van der Waals surface area (Å²) in [5, 5.41) is 7.08. The van der Waals surface area contributed by atoms with Gasteiger partial charge in [0.25, 0.3) is 0 Å². The van der Waals surface area contributed by atoms with E-state index < -0.39 is 0 Å². The van der Waals surface area contributed by atoms with Gasteiger partial charge in [-0.05, 0) is 31.6 Å². The maximum absolute atomic E-state index is 4.50. The van der Waals surface area contributed by atoms with Crippen molar-refractivity contribution >= 4 is 29.9 Å². The molecule has 1 aromatic rings. The number of halogens is 1. The number of likely N-dealkylation sites (tertiary alicyclic amines) is 1. The van der Waals surface area contributed by atoms with Gasteiger partial charge >= 0.3 is 0 Å². The summed E-state index contributed by atoms with van der Waals surface area (Å²) >= 11 is 0. The minimum atomic E-state index is 0. The highest BCUT2D eigenvalue weighted by Crippen LogP contribution is 2.25. The Bertz CT molecular complexity index is 585. The van der Waals surface area contributed by atoms with E-state index in [0.717, 1.165) is 24.4 Å². The van der Waals surface area contributed by atoms with E-state index in [0.29, 0.717) is 18.5 Å². The highest BCUT2D eigenvalue weighted by molar-refractivity contribution is 14.0. The van der Waals surface area contributed by atoms with Crippen molar-refractivity contribution in [1.29, 1.82) is 0 Å². The number of nitrogens with zero attached hydrogens (tertiary/aromatic N) is 4. The maximum atomic E-state index is 4.50. The van der Waals surface area contributed by atoms with Crippen LogP contribution in [0, 0.1) is 5.92 Å². The zero-order valence-corrected chi connectivity index (χ0v) is 20.2. The summed E-state index contributed by atoms with van der Waals surface area (Å²) in [5.74, 6) is 2.58. The molecule has 0 amide bonds. The molecule has 2 N–H and O–H groups in total. The van der Waals surface area contributed by atoms with Crippen LogP contribution in [0.3, 0.4) is 0 Å². The summed E-state index contributed by atoms with van der Waals surface area (Å²) in [4.78, 5) is 11.7. The number of rotatable bonds is 6. The Morgan fingerprint density at radius 1 is 1.18 bits per heavy atom. The van der Waals surface area contributed by atoms with E-state index in [2.05, 4.69) is 50.1 Å². The second-order valence-corrected chi connectivity index (χ2v) is 8.56. The summed E-state index contributed by atoms with van der Waals surface area (Å²) in [6.45, 7) is 8.62. The standard InChI is InChI=1S/C21H38N6.HI/c1-17(2)16-27-14-11-23-20(27)15-24-21(22-3)25-18-9-12-26(13-10-18)19-7-5-4-6-8-19;/h11,14,17-19H,4-10,12-13,15-16H2,1-3H3,(H2,22,24,25);1H. The van der Waals surface area contributed by atoms with E-state index in [4.69, 9.17) is 0 Å². The monoisotopic (exact) mass is 502 g/mol. The number of hydrogen-bond acceptors (Lipinski definition) is 3. The van der Waals surface area contributed by atoms with Gasteiger partial charge in [-0.3, -0.25) is 4.99 Å². The lowest BCUT2D eigenvalue weighted by atomic mass is 9.92. The number of imidazole rings is 1. The van der Waals surface area contributed by atoms with Crippen LogP contribution < -0.4 is 10.6 Å². The highest BCUT2D eigenvalue weighted by atomic mass is 127. The fourth-order valence-electron chi connectivity index (χ4n) is 4.47. The third-order valence-corrected chi connectivity index (χ3v) is 5.96. The maximum Gasteiger partial charge on any atom is 0.191 e. The number of aliphatic imine (C=N–C) groups is 1. The molecule has 2 heterocycles. The molecule has 0 unspecified atom stereocenters. The SMILES string of the molecule is CN=C(NCc1nccn1CC(C)C)NC1CCN(C2CCCCC2)CC1.I. The van der Waals surface area contributed by atoms with Crippen LogP contribution in [0.1, 0.15) is 64.6 Å². The molecular formula is C21H39IN6. The quantitative estimate of drug-likeness (QED) is 0.355. The van der Waals surface area contributed by atoms with Gasteiger partial charge in [-0.2, -0.15) is 0 Å². The minimum Gasteiger partial charge on any atom is -0.354 e. The van der Waals surface area contributed by atoms with E-state index in [1.165, 1.54) is 58.0 Å². The van der Waals surface area contributed by atoms with Crippen LogP contribution in [-0.4, -0.2) is 52.6 Å². The molecule has 160 valence electrons. The van der Waals surface area contributed by atoms with Crippen LogP contribution in [-0.2, 0) is 13.1 Å². The molecule has 0 bridgehead atoms. The van der Waals surface area contributed by atoms with Gasteiger partial charge in [0, 0.05) is 51.2 Å². The molecule has 6 nitrogen and oxygen atoms in total. The smallest absolute Gasteiger partial charge is 0.191 e. The molecule has 1 aliphatic heterocycles. The van der Waals surface area contributed by atoms with Gasteiger partial charge in [-0.1, -0.05) is 33.1 Å². The molecule has 0 atom stereocenters. The summed E-state index contributed by atoms with van der Waals surface area (Å²) in [6.07, 6.45) is 13.5. The molecule has 3 rings (SSSR count). The lowest BCUT2D eigenvalue weighted by Gasteiger charge is -2.39. The Hall–Kier alpha value is -0.830. The topological polar surface area (TPSA) is 57.5 Å². The molecule has 0 radical (unpaired) electrons. The minimum absolute atomic E-state index is 0. The molecule has 28 heavy (non-hydrogen) atoms. The van der Waals surface area contributed by atoms with Crippen LogP contribution in [0.25, 0.3) is 0 Å². The predicted molar refractivity (Wildman–Crippen MR) is 127 cm³/mol. The van der Waals surface area contributed by atoms with Crippen molar-refractivity contribution in [3.63, 3.8) is 0 Å². The van der Waals surface area contributed by atoms with Gasteiger partial charge < -0.3 is 20.1 Å². The molecule has 1 aromatic heterocycles.